The highest BCUT2D eigenvalue weighted by Gasteiger charge is 2.03. The van der Waals surface area contributed by atoms with Crippen LogP contribution in [0.1, 0.15) is 13.3 Å². The first-order valence-corrected chi connectivity index (χ1v) is 5.71. The van der Waals surface area contributed by atoms with E-state index in [1.54, 1.807) is 31.2 Å². The van der Waals surface area contributed by atoms with E-state index >= 15 is 0 Å². The quantitative estimate of drug-likeness (QED) is 0.347. The molecule has 0 aliphatic heterocycles. The number of carbonyl (C=O) groups is 1. The Balaban J connectivity index is 2.26. The highest BCUT2D eigenvalue weighted by atomic mass is 16.5. The molecule has 0 radical (unpaired) electrons. The highest BCUT2D eigenvalue weighted by Crippen LogP contribution is 2.26. The molecule has 0 saturated carbocycles. The van der Waals surface area contributed by atoms with Crippen LogP contribution in [-0.2, 0) is 9.53 Å². The molecular formula is C13H18N2O3. The fourth-order valence-corrected chi connectivity index (χ4v) is 1.28. The molecule has 5 heteroatoms. The molecule has 0 heterocycles. The van der Waals surface area contributed by atoms with E-state index in [0.29, 0.717) is 36.8 Å². The van der Waals surface area contributed by atoms with Gasteiger partial charge < -0.3 is 20.9 Å². The van der Waals surface area contributed by atoms with Gasteiger partial charge in [-0.15, -0.1) is 0 Å². The van der Waals surface area contributed by atoms with Gasteiger partial charge in [0.25, 0.3) is 0 Å². The number of nitrogen functional groups attached to an aromatic ring is 2. The van der Waals surface area contributed by atoms with E-state index in [9.17, 15) is 4.79 Å². The summed E-state index contributed by atoms with van der Waals surface area (Å²) in [5.74, 6) is 0.204. The van der Waals surface area contributed by atoms with Crippen molar-refractivity contribution < 1.29 is 14.3 Å². The third-order valence-corrected chi connectivity index (χ3v) is 2.19. The average Bonchev–Trinajstić information content (AvgIpc) is 2.34. The first-order valence-electron chi connectivity index (χ1n) is 5.71. The number of carbonyl (C=O) groups excluding carboxylic acids is 1. The number of allylic oxidation sites excluding steroid dienone is 1. The summed E-state index contributed by atoms with van der Waals surface area (Å²) in [5, 5.41) is 0. The standard InChI is InChI=1S/C13H18N2O3/c1-2-5-12(16)18-9-4-8-17-11-7-3-6-10(14)13(11)15/h2-3,5-7H,4,8-9,14-15H2,1H3. The summed E-state index contributed by atoms with van der Waals surface area (Å²) in [4.78, 5) is 11.0. The minimum absolute atomic E-state index is 0.311. The lowest BCUT2D eigenvalue weighted by molar-refractivity contribution is -0.137. The van der Waals surface area contributed by atoms with Crippen molar-refractivity contribution in [2.45, 2.75) is 13.3 Å². The van der Waals surface area contributed by atoms with Crippen molar-refractivity contribution in [3.63, 3.8) is 0 Å². The summed E-state index contributed by atoms with van der Waals surface area (Å²) in [6.45, 7) is 2.48. The van der Waals surface area contributed by atoms with Gasteiger partial charge in [-0.05, 0) is 19.1 Å². The van der Waals surface area contributed by atoms with Crippen molar-refractivity contribution in [3.05, 3.63) is 30.4 Å². The Bertz CT molecular complexity index is 430. The SMILES string of the molecule is CC=CC(=O)OCCCOc1cccc(N)c1N. The summed E-state index contributed by atoms with van der Waals surface area (Å²) in [6.07, 6.45) is 3.60. The monoisotopic (exact) mass is 250 g/mol. The summed E-state index contributed by atoms with van der Waals surface area (Å²) in [5.41, 5.74) is 12.3. The van der Waals surface area contributed by atoms with Crippen LogP contribution in [0.5, 0.6) is 5.75 Å². The lowest BCUT2D eigenvalue weighted by Crippen LogP contribution is -2.08. The number of benzene rings is 1. The van der Waals surface area contributed by atoms with Gasteiger partial charge in [-0.25, -0.2) is 4.79 Å². The molecule has 0 amide bonds. The maximum absolute atomic E-state index is 11.0. The van der Waals surface area contributed by atoms with Gasteiger partial charge in [-0.3, -0.25) is 0 Å². The minimum atomic E-state index is -0.346. The van der Waals surface area contributed by atoms with Crippen LogP contribution < -0.4 is 16.2 Å². The Morgan fingerprint density at radius 2 is 2.11 bits per heavy atom. The molecule has 0 atom stereocenters. The molecule has 98 valence electrons. The van der Waals surface area contributed by atoms with Gasteiger partial charge in [0.15, 0.2) is 0 Å². The van der Waals surface area contributed by atoms with E-state index in [2.05, 4.69) is 0 Å². The second kappa shape index (κ2) is 7.21. The van der Waals surface area contributed by atoms with Crippen molar-refractivity contribution in [1.29, 1.82) is 0 Å². The third kappa shape index (κ3) is 4.37. The van der Waals surface area contributed by atoms with Crippen LogP contribution in [0.2, 0.25) is 0 Å². The Morgan fingerprint density at radius 1 is 1.33 bits per heavy atom. The number of nitrogens with two attached hydrogens (primary N) is 2. The van der Waals surface area contributed by atoms with Gasteiger partial charge in [-0.2, -0.15) is 0 Å². The van der Waals surface area contributed by atoms with Gasteiger partial charge in [0.2, 0.25) is 0 Å². The normalized spacial score (nSPS) is 10.5. The topological polar surface area (TPSA) is 87.6 Å². The molecule has 0 aromatic heterocycles. The number of anilines is 2. The summed E-state index contributed by atoms with van der Waals surface area (Å²) in [7, 11) is 0. The molecule has 0 bridgehead atoms. The Labute approximate surface area is 106 Å². The molecule has 4 N–H and O–H groups in total. The van der Waals surface area contributed by atoms with Gasteiger partial charge in [0.1, 0.15) is 5.75 Å². The van der Waals surface area contributed by atoms with E-state index in [1.165, 1.54) is 6.08 Å². The Hall–Kier alpha value is -2.17. The molecule has 0 saturated heterocycles. The molecule has 0 spiro atoms. The fraction of sp³-hybridized carbons (Fsp3) is 0.308. The van der Waals surface area contributed by atoms with Crippen LogP contribution in [0, 0.1) is 0 Å². The van der Waals surface area contributed by atoms with E-state index in [1.807, 2.05) is 0 Å². The minimum Gasteiger partial charge on any atom is -0.491 e. The van der Waals surface area contributed by atoms with E-state index in [0.717, 1.165) is 0 Å². The van der Waals surface area contributed by atoms with Gasteiger partial charge in [0.05, 0.1) is 24.6 Å². The fourth-order valence-electron chi connectivity index (χ4n) is 1.28. The number of hydrogen-bond acceptors (Lipinski definition) is 5. The number of hydrogen-bond donors (Lipinski definition) is 2. The highest BCUT2D eigenvalue weighted by molar-refractivity contribution is 5.81. The Kier molecular flexibility index (Phi) is 5.57. The molecule has 0 unspecified atom stereocenters. The van der Waals surface area contributed by atoms with E-state index in [-0.39, 0.29) is 5.97 Å². The van der Waals surface area contributed by atoms with Crippen molar-refractivity contribution in [3.8, 4) is 5.75 Å². The molecule has 0 aliphatic carbocycles. The van der Waals surface area contributed by atoms with Crippen molar-refractivity contribution in [2.75, 3.05) is 24.7 Å². The molecule has 1 aromatic rings. The van der Waals surface area contributed by atoms with Crippen molar-refractivity contribution >= 4 is 17.3 Å². The molecule has 5 nitrogen and oxygen atoms in total. The smallest absolute Gasteiger partial charge is 0.330 e. The van der Waals surface area contributed by atoms with Gasteiger partial charge in [-0.1, -0.05) is 12.1 Å². The average molecular weight is 250 g/mol. The lowest BCUT2D eigenvalue weighted by Gasteiger charge is -2.10. The molecular weight excluding hydrogens is 232 g/mol. The third-order valence-electron chi connectivity index (χ3n) is 2.19. The predicted octanol–water partition coefficient (Wildman–Crippen LogP) is 1.74. The first kappa shape index (κ1) is 13.9. The van der Waals surface area contributed by atoms with Crippen LogP contribution in [0.15, 0.2) is 30.4 Å². The molecule has 0 fully saturated rings. The molecule has 18 heavy (non-hydrogen) atoms. The number of esters is 1. The van der Waals surface area contributed by atoms with Crippen LogP contribution in [0.3, 0.4) is 0 Å². The largest absolute Gasteiger partial charge is 0.491 e. The van der Waals surface area contributed by atoms with Crippen LogP contribution in [-0.4, -0.2) is 19.2 Å². The summed E-state index contributed by atoms with van der Waals surface area (Å²) >= 11 is 0. The van der Waals surface area contributed by atoms with Gasteiger partial charge in [0, 0.05) is 12.5 Å². The van der Waals surface area contributed by atoms with Crippen molar-refractivity contribution in [1.82, 2.24) is 0 Å². The zero-order valence-corrected chi connectivity index (χ0v) is 10.4. The lowest BCUT2D eigenvalue weighted by atomic mass is 10.2. The first-order chi connectivity index (χ1) is 8.65. The van der Waals surface area contributed by atoms with Crippen LogP contribution in [0.4, 0.5) is 11.4 Å². The number of ether oxygens (including phenoxy) is 2. The Morgan fingerprint density at radius 3 is 2.83 bits per heavy atom. The molecule has 0 aliphatic rings. The summed E-state index contributed by atoms with van der Waals surface area (Å²) < 4.78 is 10.4. The second-order valence-corrected chi connectivity index (χ2v) is 3.63. The zero-order chi connectivity index (χ0) is 13.4. The maximum atomic E-state index is 11.0. The molecule has 1 aromatic carbocycles. The molecule has 1 rings (SSSR count). The van der Waals surface area contributed by atoms with Crippen molar-refractivity contribution in [2.24, 2.45) is 0 Å². The van der Waals surface area contributed by atoms with Crippen LogP contribution >= 0.6 is 0 Å². The zero-order valence-electron chi connectivity index (χ0n) is 10.4. The predicted molar refractivity (Wildman–Crippen MR) is 71.2 cm³/mol. The van der Waals surface area contributed by atoms with Gasteiger partial charge >= 0.3 is 5.97 Å². The maximum Gasteiger partial charge on any atom is 0.330 e. The van der Waals surface area contributed by atoms with E-state index < -0.39 is 0 Å². The second-order valence-electron chi connectivity index (χ2n) is 3.63. The van der Waals surface area contributed by atoms with Crippen LogP contribution in [0.25, 0.3) is 0 Å². The van der Waals surface area contributed by atoms with E-state index in [4.69, 9.17) is 20.9 Å². The number of para-hydroxylation sites is 1. The number of rotatable bonds is 6. The summed E-state index contributed by atoms with van der Waals surface area (Å²) in [6, 6.07) is 5.23.